The van der Waals surface area contributed by atoms with Crippen LogP contribution in [0.2, 0.25) is 0 Å². The average molecular weight is 342 g/mol. The van der Waals surface area contributed by atoms with Gasteiger partial charge in [0.25, 0.3) is 0 Å². The number of benzene rings is 1. The molecule has 0 unspecified atom stereocenters. The molecule has 2 aromatic rings. The summed E-state index contributed by atoms with van der Waals surface area (Å²) in [6.45, 7) is 7.02. The molecule has 1 aromatic carbocycles. The van der Waals surface area contributed by atoms with Gasteiger partial charge in [-0.25, -0.2) is 4.98 Å². The van der Waals surface area contributed by atoms with Crippen molar-refractivity contribution >= 4 is 22.8 Å². The second-order valence-corrected chi connectivity index (χ2v) is 7.69. The number of carbonyl (C=O) groups excluding carboxylic acids is 2. The van der Waals surface area contributed by atoms with Crippen LogP contribution < -0.4 is 5.32 Å². The first-order valence-corrected chi connectivity index (χ1v) is 8.76. The number of carbonyl (C=O) groups is 2. The number of imidazole rings is 1. The molecule has 1 aliphatic rings. The summed E-state index contributed by atoms with van der Waals surface area (Å²) in [6.07, 6.45) is 0.968. The summed E-state index contributed by atoms with van der Waals surface area (Å²) in [6, 6.07) is 7.99. The van der Waals surface area contributed by atoms with E-state index in [1.165, 1.54) is 0 Å². The van der Waals surface area contributed by atoms with Crippen LogP contribution in [0, 0.1) is 5.92 Å². The Morgan fingerprint density at radius 1 is 1.32 bits per heavy atom. The van der Waals surface area contributed by atoms with Crippen LogP contribution in [0.15, 0.2) is 24.3 Å². The Labute approximate surface area is 148 Å². The quantitative estimate of drug-likeness (QED) is 0.922. The second kappa shape index (κ2) is 6.50. The molecule has 25 heavy (non-hydrogen) atoms. The monoisotopic (exact) mass is 342 g/mol. The van der Waals surface area contributed by atoms with Crippen molar-refractivity contribution in [2.45, 2.75) is 39.2 Å². The fraction of sp³-hybridized carbons (Fsp3) is 0.526. The molecule has 1 N–H and O–H groups in total. The topological polar surface area (TPSA) is 67.2 Å². The lowest BCUT2D eigenvalue weighted by molar-refractivity contribution is -0.132. The highest BCUT2D eigenvalue weighted by Crippen LogP contribution is 2.25. The number of hydrogen-bond acceptors (Lipinski definition) is 3. The molecule has 3 rings (SSSR count). The van der Waals surface area contributed by atoms with Gasteiger partial charge < -0.3 is 14.8 Å². The van der Waals surface area contributed by atoms with Crippen molar-refractivity contribution in [3.8, 4) is 0 Å². The van der Waals surface area contributed by atoms with Crippen molar-refractivity contribution in [2.24, 2.45) is 13.0 Å². The Balaban J connectivity index is 1.56. The lowest BCUT2D eigenvalue weighted by Gasteiger charge is -2.31. The minimum Gasteiger partial charge on any atom is -0.355 e. The van der Waals surface area contributed by atoms with Crippen molar-refractivity contribution in [1.29, 1.82) is 0 Å². The van der Waals surface area contributed by atoms with Gasteiger partial charge in [0.15, 0.2) is 0 Å². The Kier molecular flexibility index (Phi) is 4.54. The lowest BCUT2D eigenvalue weighted by atomic mass is 10.1. The van der Waals surface area contributed by atoms with E-state index in [0.29, 0.717) is 25.9 Å². The number of likely N-dealkylation sites (tertiary alicyclic amines) is 1. The van der Waals surface area contributed by atoms with E-state index in [0.717, 1.165) is 16.9 Å². The van der Waals surface area contributed by atoms with Crippen molar-refractivity contribution < 1.29 is 9.59 Å². The van der Waals surface area contributed by atoms with Crippen molar-refractivity contribution in [2.75, 3.05) is 13.1 Å². The number of para-hydroxylation sites is 2. The van der Waals surface area contributed by atoms with Gasteiger partial charge >= 0.3 is 0 Å². The third-order valence-electron chi connectivity index (χ3n) is 4.83. The van der Waals surface area contributed by atoms with Crippen LogP contribution in [0.5, 0.6) is 0 Å². The van der Waals surface area contributed by atoms with Crippen LogP contribution in [0.1, 0.15) is 33.0 Å². The molecule has 1 aliphatic heterocycles. The molecule has 0 spiro atoms. The minimum absolute atomic E-state index is 0.0427. The van der Waals surface area contributed by atoms with Gasteiger partial charge in [-0.2, -0.15) is 0 Å². The molecule has 134 valence electrons. The van der Waals surface area contributed by atoms with E-state index in [1.54, 1.807) is 4.90 Å². The number of amides is 2. The zero-order chi connectivity index (χ0) is 18.2. The van der Waals surface area contributed by atoms with Crippen molar-refractivity contribution in [3.63, 3.8) is 0 Å². The number of rotatable bonds is 4. The number of nitrogens with one attached hydrogen (secondary N) is 1. The SMILES string of the molecule is Cn1c(CCNC(=O)[C@H]2CC(=O)N(C(C)(C)C)C2)nc2ccccc21. The summed E-state index contributed by atoms with van der Waals surface area (Å²) < 4.78 is 2.06. The molecule has 1 saturated heterocycles. The van der Waals surface area contributed by atoms with Gasteiger partial charge in [-0.3, -0.25) is 9.59 Å². The molecule has 0 radical (unpaired) electrons. The highest BCUT2D eigenvalue weighted by molar-refractivity contribution is 5.89. The molecule has 2 amide bonds. The maximum absolute atomic E-state index is 12.4. The Hall–Kier alpha value is -2.37. The first-order chi connectivity index (χ1) is 11.8. The van der Waals surface area contributed by atoms with Crippen LogP contribution in [0.25, 0.3) is 11.0 Å². The molecule has 2 heterocycles. The van der Waals surface area contributed by atoms with Crippen LogP contribution in [0.3, 0.4) is 0 Å². The zero-order valence-electron chi connectivity index (χ0n) is 15.4. The zero-order valence-corrected chi connectivity index (χ0v) is 15.4. The van der Waals surface area contributed by atoms with Crippen LogP contribution in [-0.4, -0.2) is 44.9 Å². The summed E-state index contributed by atoms with van der Waals surface area (Å²) in [7, 11) is 1.99. The summed E-state index contributed by atoms with van der Waals surface area (Å²) in [4.78, 5) is 30.9. The van der Waals surface area contributed by atoms with Gasteiger partial charge in [-0.15, -0.1) is 0 Å². The molecule has 1 aromatic heterocycles. The van der Waals surface area contributed by atoms with E-state index in [4.69, 9.17) is 0 Å². The number of aromatic nitrogens is 2. The molecule has 0 aliphatic carbocycles. The summed E-state index contributed by atoms with van der Waals surface area (Å²) in [5.74, 6) is 0.703. The predicted molar refractivity (Wildman–Crippen MR) is 97.0 cm³/mol. The van der Waals surface area contributed by atoms with Crippen LogP contribution in [-0.2, 0) is 23.1 Å². The molecule has 0 bridgehead atoms. The first-order valence-electron chi connectivity index (χ1n) is 8.76. The van der Waals surface area contributed by atoms with Crippen molar-refractivity contribution in [3.05, 3.63) is 30.1 Å². The van der Waals surface area contributed by atoms with E-state index >= 15 is 0 Å². The van der Waals surface area contributed by atoms with E-state index in [1.807, 2.05) is 52.1 Å². The van der Waals surface area contributed by atoms with Gasteiger partial charge in [0.05, 0.1) is 17.0 Å². The summed E-state index contributed by atoms with van der Waals surface area (Å²) in [5, 5.41) is 2.97. The molecule has 6 heteroatoms. The minimum atomic E-state index is -0.257. The molecular formula is C19H26N4O2. The van der Waals surface area contributed by atoms with E-state index in [9.17, 15) is 9.59 Å². The number of aryl methyl sites for hydroxylation is 1. The van der Waals surface area contributed by atoms with Gasteiger partial charge in [-0.1, -0.05) is 12.1 Å². The lowest BCUT2D eigenvalue weighted by Crippen LogP contribution is -2.43. The second-order valence-electron chi connectivity index (χ2n) is 7.69. The van der Waals surface area contributed by atoms with Gasteiger partial charge in [0.2, 0.25) is 11.8 Å². The number of hydrogen-bond donors (Lipinski definition) is 1. The average Bonchev–Trinajstić information content (AvgIpc) is 3.09. The maximum atomic E-state index is 12.4. The third-order valence-corrected chi connectivity index (χ3v) is 4.83. The predicted octanol–water partition coefficient (Wildman–Crippen LogP) is 1.88. The van der Waals surface area contributed by atoms with E-state index < -0.39 is 0 Å². The molecule has 0 saturated carbocycles. The third kappa shape index (κ3) is 3.52. The van der Waals surface area contributed by atoms with Gasteiger partial charge in [0.1, 0.15) is 5.82 Å². The maximum Gasteiger partial charge on any atom is 0.225 e. The van der Waals surface area contributed by atoms with Crippen molar-refractivity contribution in [1.82, 2.24) is 19.8 Å². The number of nitrogens with zero attached hydrogens (tertiary/aromatic N) is 3. The fourth-order valence-electron chi connectivity index (χ4n) is 3.39. The highest BCUT2D eigenvalue weighted by Gasteiger charge is 2.39. The van der Waals surface area contributed by atoms with Gasteiger partial charge in [0, 0.05) is 38.5 Å². The van der Waals surface area contributed by atoms with Gasteiger partial charge in [-0.05, 0) is 32.9 Å². The molecule has 1 atom stereocenters. The standard InChI is InChI=1S/C19H26N4O2/c1-19(2,3)23-12-13(11-17(23)24)18(25)20-10-9-16-21-14-7-5-6-8-15(14)22(16)4/h5-8,13H,9-12H2,1-4H3,(H,20,25)/t13-/m0/s1. The fourth-order valence-corrected chi connectivity index (χ4v) is 3.39. The summed E-state index contributed by atoms with van der Waals surface area (Å²) in [5.41, 5.74) is 1.82. The van der Waals surface area contributed by atoms with E-state index in [2.05, 4.69) is 14.9 Å². The summed E-state index contributed by atoms with van der Waals surface area (Å²) >= 11 is 0. The largest absolute Gasteiger partial charge is 0.355 e. The smallest absolute Gasteiger partial charge is 0.225 e. The van der Waals surface area contributed by atoms with Crippen LogP contribution in [0.4, 0.5) is 0 Å². The molecule has 1 fully saturated rings. The van der Waals surface area contributed by atoms with Crippen LogP contribution >= 0.6 is 0 Å². The molecular weight excluding hydrogens is 316 g/mol. The normalized spacial score (nSPS) is 18.2. The Morgan fingerprint density at radius 3 is 2.68 bits per heavy atom. The van der Waals surface area contributed by atoms with E-state index in [-0.39, 0.29) is 23.3 Å². The highest BCUT2D eigenvalue weighted by atomic mass is 16.2. The number of fused-ring (bicyclic) bond motifs is 1. The molecule has 6 nitrogen and oxygen atoms in total. The Morgan fingerprint density at radius 2 is 2.04 bits per heavy atom. The first kappa shape index (κ1) is 17.5. The Bertz CT molecular complexity index is 803.